The lowest BCUT2D eigenvalue weighted by atomic mass is 10.1. The highest BCUT2D eigenvalue weighted by molar-refractivity contribution is 6.30. The first-order valence-electron chi connectivity index (χ1n) is 9.17. The van der Waals surface area contributed by atoms with Gasteiger partial charge in [-0.2, -0.15) is 0 Å². The maximum Gasteiger partial charge on any atom is 0.253 e. The number of hydrogen-bond donors (Lipinski definition) is 1. The minimum absolute atomic E-state index is 0.0270. The molecule has 0 heterocycles. The zero-order valence-corrected chi connectivity index (χ0v) is 16.5. The number of carbonyl (C=O) groups excluding carboxylic acids is 2. The molecular formula is C22H25ClN2O2. The van der Waals surface area contributed by atoms with E-state index in [-0.39, 0.29) is 11.8 Å². The maximum absolute atomic E-state index is 12.6. The van der Waals surface area contributed by atoms with E-state index in [0.29, 0.717) is 16.3 Å². The predicted octanol–water partition coefficient (Wildman–Crippen LogP) is 5.25. The molecule has 0 spiro atoms. The predicted molar refractivity (Wildman–Crippen MR) is 112 cm³/mol. The number of benzene rings is 2. The van der Waals surface area contributed by atoms with Gasteiger partial charge in [0.15, 0.2) is 0 Å². The number of anilines is 1. The number of nitrogens with one attached hydrogen (secondary N) is 1. The molecule has 2 amide bonds. The van der Waals surface area contributed by atoms with E-state index in [1.807, 2.05) is 17.0 Å². The Kier molecular flexibility index (Phi) is 8.08. The van der Waals surface area contributed by atoms with Crippen LogP contribution in [-0.4, -0.2) is 29.8 Å². The standard InChI is InChI=1S/C22H25ClN2O2/c1-3-15-25(16-4-2)22(27)18-8-12-20(13-9-18)24-21(26)14-7-17-5-10-19(23)11-6-17/h5-14H,3-4,15-16H2,1-2H3,(H,24,26)/b14-7+. The molecule has 0 bridgehead atoms. The fourth-order valence-corrected chi connectivity index (χ4v) is 2.79. The van der Waals surface area contributed by atoms with E-state index in [1.165, 1.54) is 6.08 Å². The monoisotopic (exact) mass is 384 g/mol. The third-order valence-corrected chi connectivity index (χ3v) is 4.22. The molecule has 2 rings (SSSR count). The number of hydrogen-bond acceptors (Lipinski definition) is 2. The summed E-state index contributed by atoms with van der Waals surface area (Å²) in [5.74, 6) is -0.207. The van der Waals surface area contributed by atoms with Crippen molar-refractivity contribution in [3.63, 3.8) is 0 Å². The quantitative estimate of drug-likeness (QED) is 0.631. The van der Waals surface area contributed by atoms with Gasteiger partial charge in [-0.25, -0.2) is 0 Å². The Morgan fingerprint density at radius 3 is 2.11 bits per heavy atom. The zero-order chi connectivity index (χ0) is 19.6. The lowest BCUT2D eigenvalue weighted by Gasteiger charge is -2.21. The fourth-order valence-electron chi connectivity index (χ4n) is 2.66. The van der Waals surface area contributed by atoms with Crippen molar-refractivity contribution in [1.29, 1.82) is 0 Å². The Balaban J connectivity index is 1.97. The van der Waals surface area contributed by atoms with Gasteiger partial charge < -0.3 is 10.2 Å². The van der Waals surface area contributed by atoms with Crippen molar-refractivity contribution in [2.24, 2.45) is 0 Å². The second-order valence-electron chi connectivity index (χ2n) is 6.24. The molecule has 142 valence electrons. The summed E-state index contributed by atoms with van der Waals surface area (Å²) >= 11 is 5.84. The molecule has 0 radical (unpaired) electrons. The highest BCUT2D eigenvalue weighted by Gasteiger charge is 2.14. The minimum atomic E-state index is -0.234. The van der Waals surface area contributed by atoms with Crippen LogP contribution in [0.4, 0.5) is 5.69 Å². The molecule has 0 aliphatic heterocycles. The summed E-state index contributed by atoms with van der Waals surface area (Å²) in [7, 11) is 0. The molecule has 0 aliphatic carbocycles. The Labute approximate surface area is 165 Å². The van der Waals surface area contributed by atoms with Gasteiger partial charge in [-0.15, -0.1) is 0 Å². The number of rotatable bonds is 8. The van der Waals surface area contributed by atoms with Crippen LogP contribution in [0.2, 0.25) is 5.02 Å². The van der Waals surface area contributed by atoms with E-state index in [0.717, 1.165) is 31.5 Å². The average molecular weight is 385 g/mol. The number of nitrogens with zero attached hydrogens (tertiary/aromatic N) is 1. The van der Waals surface area contributed by atoms with Crippen molar-refractivity contribution in [3.05, 3.63) is 70.8 Å². The summed E-state index contributed by atoms with van der Waals surface area (Å²) < 4.78 is 0. The third-order valence-electron chi connectivity index (χ3n) is 3.97. The zero-order valence-electron chi connectivity index (χ0n) is 15.7. The molecule has 0 saturated heterocycles. The van der Waals surface area contributed by atoms with Crippen molar-refractivity contribution < 1.29 is 9.59 Å². The van der Waals surface area contributed by atoms with Crippen LogP contribution in [0.15, 0.2) is 54.6 Å². The molecule has 1 N–H and O–H groups in total. The second-order valence-corrected chi connectivity index (χ2v) is 6.68. The molecule has 27 heavy (non-hydrogen) atoms. The van der Waals surface area contributed by atoms with Crippen molar-refractivity contribution in [1.82, 2.24) is 4.90 Å². The fraction of sp³-hybridized carbons (Fsp3) is 0.273. The van der Waals surface area contributed by atoms with Crippen molar-refractivity contribution in [3.8, 4) is 0 Å². The van der Waals surface area contributed by atoms with Gasteiger partial charge in [-0.1, -0.05) is 37.6 Å². The van der Waals surface area contributed by atoms with Gasteiger partial charge in [0, 0.05) is 35.4 Å². The van der Waals surface area contributed by atoms with Gasteiger partial charge >= 0.3 is 0 Å². The maximum atomic E-state index is 12.6. The summed E-state index contributed by atoms with van der Waals surface area (Å²) in [6, 6.07) is 14.2. The van der Waals surface area contributed by atoms with Gasteiger partial charge in [0.1, 0.15) is 0 Å². The van der Waals surface area contributed by atoms with E-state index in [2.05, 4.69) is 19.2 Å². The Bertz CT molecular complexity index is 777. The van der Waals surface area contributed by atoms with Crippen LogP contribution in [0.5, 0.6) is 0 Å². The molecule has 2 aromatic rings. The smallest absolute Gasteiger partial charge is 0.253 e. The molecular weight excluding hydrogens is 360 g/mol. The summed E-state index contributed by atoms with van der Waals surface area (Å²) in [4.78, 5) is 26.5. The first kappa shape index (κ1) is 20.7. The number of halogens is 1. The van der Waals surface area contributed by atoms with Gasteiger partial charge in [0.05, 0.1) is 0 Å². The molecule has 4 nitrogen and oxygen atoms in total. The molecule has 0 saturated carbocycles. The molecule has 0 aromatic heterocycles. The van der Waals surface area contributed by atoms with Crippen molar-refractivity contribution in [2.45, 2.75) is 26.7 Å². The number of carbonyl (C=O) groups is 2. The van der Waals surface area contributed by atoms with E-state index in [9.17, 15) is 9.59 Å². The van der Waals surface area contributed by atoms with Crippen LogP contribution in [0.25, 0.3) is 6.08 Å². The Morgan fingerprint density at radius 2 is 1.56 bits per heavy atom. The van der Waals surface area contributed by atoms with Crippen LogP contribution in [0.1, 0.15) is 42.6 Å². The van der Waals surface area contributed by atoms with Gasteiger partial charge in [0.2, 0.25) is 5.91 Å². The molecule has 5 heteroatoms. The number of amides is 2. The topological polar surface area (TPSA) is 49.4 Å². The van der Waals surface area contributed by atoms with Crippen LogP contribution in [0, 0.1) is 0 Å². The summed E-state index contributed by atoms with van der Waals surface area (Å²) in [5.41, 5.74) is 2.17. The summed E-state index contributed by atoms with van der Waals surface area (Å²) in [6.45, 7) is 5.62. The van der Waals surface area contributed by atoms with E-state index < -0.39 is 0 Å². The second kappa shape index (κ2) is 10.5. The highest BCUT2D eigenvalue weighted by atomic mass is 35.5. The van der Waals surface area contributed by atoms with E-state index >= 15 is 0 Å². The van der Waals surface area contributed by atoms with Gasteiger partial charge in [0.25, 0.3) is 5.91 Å². The van der Waals surface area contributed by atoms with Crippen molar-refractivity contribution >= 4 is 35.2 Å². The van der Waals surface area contributed by atoms with Crippen LogP contribution >= 0.6 is 11.6 Å². The lowest BCUT2D eigenvalue weighted by Crippen LogP contribution is -2.32. The first-order valence-corrected chi connectivity index (χ1v) is 9.55. The molecule has 0 fully saturated rings. The Hall–Kier alpha value is -2.59. The lowest BCUT2D eigenvalue weighted by molar-refractivity contribution is -0.111. The van der Waals surface area contributed by atoms with Gasteiger partial charge in [-0.3, -0.25) is 9.59 Å². The molecule has 0 aliphatic rings. The molecule has 0 unspecified atom stereocenters. The summed E-state index contributed by atoms with van der Waals surface area (Å²) in [6.07, 6.45) is 5.04. The first-order chi connectivity index (χ1) is 13.0. The SMILES string of the molecule is CCCN(CCC)C(=O)c1ccc(NC(=O)/C=C/c2ccc(Cl)cc2)cc1. The summed E-state index contributed by atoms with van der Waals surface area (Å²) in [5, 5.41) is 3.45. The molecule has 0 atom stereocenters. The van der Waals surface area contributed by atoms with Crippen LogP contribution < -0.4 is 5.32 Å². The van der Waals surface area contributed by atoms with Crippen LogP contribution in [-0.2, 0) is 4.79 Å². The average Bonchev–Trinajstić information content (AvgIpc) is 2.67. The highest BCUT2D eigenvalue weighted by Crippen LogP contribution is 2.14. The minimum Gasteiger partial charge on any atom is -0.339 e. The van der Waals surface area contributed by atoms with E-state index in [1.54, 1.807) is 42.5 Å². The van der Waals surface area contributed by atoms with Crippen LogP contribution in [0.3, 0.4) is 0 Å². The normalized spacial score (nSPS) is 10.8. The third kappa shape index (κ3) is 6.57. The van der Waals surface area contributed by atoms with E-state index in [4.69, 9.17) is 11.6 Å². The van der Waals surface area contributed by atoms with Gasteiger partial charge in [-0.05, 0) is 60.9 Å². The largest absolute Gasteiger partial charge is 0.339 e. The van der Waals surface area contributed by atoms with Crippen molar-refractivity contribution in [2.75, 3.05) is 18.4 Å². The molecule has 2 aromatic carbocycles. The Morgan fingerprint density at radius 1 is 0.963 bits per heavy atom.